The van der Waals surface area contributed by atoms with E-state index >= 15 is 0 Å². The Balaban J connectivity index is 1.72. The summed E-state index contributed by atoms with van der Waals surface area (Å²) in [4.78, 5) is 4.40. The Hall–Kier alpha value is -0.940. The number of aryl methyl sites for hydroxylation is 1. The Kier molecular flexibility index (Phi) is 5.34. The maximum absolute atomic E-state index is 9.99. The normalized spacial score (nSPS) is 12.6. The first kappa shape index (κ1) is 14.5. The van der Waals surface area contributed by atoms with Gasteiger partial charge >= 0.3 is 0 Å². The van der Waals surface area contributed by atoms with Crippen LogP contribution in [0.3, 0.4) is 0 Å². The van der Waals surface area contributed by atoms with Crippen LogP contribution in [-0.2, 0) is 6.42 Å². The molecule has 2 N–H and O–H groups in total. The predicted molar refractivity (Wildman–Crippen MR) is 79.8 cm³/mol. The van der Waals surface area contributed by atoms with E-state index in [4.69, 9.17) is 11.6 Å². The second kappa shape index (κ2) is 7.01. The Morgan fingerprint density at radius 3 is 2.74 bits per heavy atom. The summed E-state index contributed by atoms with van der Waals surface area (Å²) in [6, 6.07) is 7.27. The molecule has 0 bridgehead atoms. The molecule has 3 nitrogen and oxygen atoms in total. The summed E-state index contributed by atoms with van der Waals surface area (Å²) in [6.07, 6.45) is 0.381. The van der Waals surface area contributed by atoms with Crippen LogP contribution in [0.25, 0.3) is 0 Å². The summed E-state index contributed by atoms with van der Waals surface area (Å²) in [6.45, 7) is 3.35. The molecule has 0 amide bonds. The second-order valence-corrected chi connectivity index (χ2v) is 5.88. The number of hydrogen-bond donors (Lipinski definition) is 2. The average molecular weight is 297 g/mol. The van der Waals surface area contributed by atoms with Gasteiger partial charge in [0.2, 0.25) is 0 Å². The molecule has 0 radical (unpaired) electrons. The van der Waals surface area contributed by atoms with Crippen molar-refractivity contribution in [2.45, 2.75) is 19.4 Å². The zero-order chi connectivity index (χ0) is 13.7. The van der Waals surface area contributed by atoms with E-state index in [0.29, 0.717) is 11.6 Å². The number of aromatic nitrogens is 1. The van der Waals surface area contributed by atoms with E-state index in [1.807, 2.05) is 19.1 Å². The van der Waals surface area contributed by atoms with Crippen molar-refractivity contribution in [2.24, 2.45) is 0 Å². The highest BCUT2D eigenvalue weighted by Gasteiger charge is 2.06. The van der Waals surface area contributed by atoms with Gasteiger partial charge in [0.15, 0.2) is 0 Å². The van der Waals surface area contributed by atoms with Crippen molar-refractivity contribution in [2.75, 3.05) is 13.1 Å². The van der Waals surface area contributed by atoms with E-state index in [-0.39, 0.29) is 0 Å². The van der Waals surface area contributed by atoms with Crippen LogP contribution in [0.2, 0.25) is 5.02 Å². The number of aliphatic hydroxyl groups excluding tert-OH is 1. The van der Waals surface area contributed by atoms with E-state index in [0.717, 1.165) is 29.2 Å². The third kappa shape index (κ3) is 4.58. The van der Waals surface area contributed by atoms with Crippen molar-refractivity contribution in [3.05, 3.63) is 50.9 Å². The first-order valence-corrected chi connectivity index (χ1v) is 7.46. The topological polar surface area (TPSA) is 45.2 Å². The SMILES string of the molecule is Cc1nc(CCNCC(O)c2ccc(Cl)cc2)cs1. The molecule has 2 aromatic rings. The minimum absolute atomic E-state index is 0.505. The molecule has 1 aromatic heterocycles. The Morgan fingerprint density at radius 2 is 2.11 bits per heavy atom. The first-order valence-electron chi connectivity index (χ1n) is 6.20. The third-order valence-electron chi connectivity index (χ3n) is 2.82. The quantitative estimate of drug-likeness (QED) is 0.806. The number of rotatable bonds is 6. The zero-order valence-corrected chi connectivity index (χ0v) is 12.3. The highest BCUT2D eigenvalue weighted by molar-refractivity contribution is 7.09. The molecule has 2 rings (SSSR count). The fourth-order valence-corrected chi connectivity index (χ4v) is 2.55. The van der Waals surface area contributed by atoms with Crippen molar-refractivity contribution in [1.82, 2.24) is 10.3 Å². The summed E-state index contributed by atoms with van der Waals surface area (Å²) in [7, 11) is 0. The summed E-state index contributed by atoms with van der Waals surface area (Å²) < 4.78 is 0. The number of aliphatic hydroxyl groups is 1. The molecule has 5 heteroatoms. The van der Waals surface area contributed by atoms with Crippen LogP contribution >= 0.6 is 22.9 Å². The number of halogens is 1. The first-order chi connectivity index (χ1) is 9.15. The average Bonchev–Trinajstić information content (AvgIpc) is 2.81. The van der Waals surface area contributed by atoms with E-state index in [1.165, 1.54) is 0 Å². The van der Waals surface area contributed by atoms with Crippen LogP contribution in [0.4, 0.5) is 0 Å². The van der Waals surface area contributed by atoms with Gasteiger partial charge in [-0.05, 0) is 24.6 Å². The van der Waals surface area contributed by atoms with Crippen molar-refractivity contribution in [1.29, 1.82) is 0 Å². The van der Waals surface area contributed by atoms with Gasteiger partial charge in [0.1, 0.15) is 0 Å². The van der Waals surface area contributed by atoms with Gasteiger partial charge in [0, 0.05) is 29.9 Å². The molecule has 0 aliphatic carbocycles. The van der Waals surface area contributed by atoms with Crippen LogP contribution in [0.1, 0.15) is 22.4 Å². The van der Waals surface area contributed by atoms with Crippen molar-refractivity contribution in [3.63, 3.8) is 0 Å². The van der Waals surface area contributed by atoms with Crippen LogP contribution in [-0.4, -0.2) is 23.2 Å². The van der Waals surface area contributed by atoms with Crippen molar-refractivity contribution < 1.29 is 5.11 Å². The molecule has 1 unspecified atom stereocenters. The summed E-state index contributed by atoms with van der Waals surface area (Å²) in [5.41, 5.74) is 1.98. The summed E-state index contributed by atoms with van der Waals surface area (Å²) in [5, 5.41) is 17.1. The fourth-order valence-electron chi connectivity index (χ4n) is 1.78. The standard InChI is InChI=1S/C14H17ClN2OS/c1-10-17-13(9-19-10)6-7-16-8-14(18)11-2-4-12(15)5-3-11/h2-5,9,14,16,18H,6-8H2,1H3. The van der Waals surface area contributed by atoms with Gasteiger partial charge in [-0.3, -0.25) is 0 Å². The maximum atomic E-state index is 9.99. The molecule has 1 heterocycles. The van der Waals surface area contributed by atoms with Gasteiger partial charge < -0.3 is 10.4 Å². The van der Waals surface area contributed by atoms with Gasteiger partial charge in [0.05, 0.1) is 16.8 Å². The van der Waals surface area contributed by atoms with E-state index in [2.05, 4.69) is 15.7 Å². The van der Waals surface area contributed by atoms with E-state index in [1.54, 1.807) is 23.5 Å². The lowest BCUT2D eigenvalue weighted by Crippen LogP contribution is -2.23. The third-order valence-corrected chi connectivity index (χ3v) is 3.89. The van der Waals surface area contributed by atoms with Crippen LogP contribution < -0.4 is 5.32 Å². The number of benzene rings is 1. The lowest BCUT2D eigenvalue weighted by molar-refractivity contribution is 0.175. The lowest BCUT2D eigenvalue weighted by Gasteiger charge is -2.11. The molecule has 0 spiro atoms. The second-order valence-electron chi connectivity index (χ2n) is 4.38. The molecule has 102 valence electrons. The number of nitrogens with one attached hydrogen (secondary N) is 1. The van der Waals surface area contributed by atoms with Gasteiger partial charge in [-0.2, -0.15) is 0 Å². The zero-order valence-electron chi connectivity index (χ0n) is 10.8. The van der Waals surface area contributed by atoms with E-state index in [9.17, 15) is 5.11 Å². The Labute approximate surface area is 122 Å². The van der Waals surface area contributed by atoms with Crippen LogP contribution in [0.5, 0.6) is 0 Å². The van der Waals surface area contributed by atoms with Crippen LogP contribution in [0, 0.1) is 6.92 Å². The largest absolute Gasteiger partial charge is 0.387 e. The van der Waals surface area contributed by atoms with Gasteiger partial charge in [-0.1, -0.05) is 23.7 Å². The minimum Gasteiger partial charge on any atom is -0.387 e. The smallest absolute Gasteiger partial charge is 0.0914 e. The molecule has 0 saturated carbocycles. The molecule has 1 atom stereocenters. The molecule has 19 heavy (non-hydrogen) atoms. The van der Waals surface area contributed by atoms with Crippen molar-refractivity contribution >= 4 is 22.9 Å². The van der Waals surface area contributed by atoms with Crippen LogP contribution in [0.15, 0.2) is 29.6 Å². The fraction of sp³-hybridized carbons (Fsp3) is 0.357. The molecule has 0 fully saturated rings. The van der Waals surface area contributed by atoms with Gasteiger partial charge in [-0.25, -0.2) is 4.98 Å². The van der Waals surface area contributed by atoms with E-state index < -0.39 is 6.10 Å². The molecular formula is C14H17ClN2OS. The minimum atomic E-state index is -0.505. The Morgan fingerprint density at radius 1 is 1.37 bits per heavy atom. The summed E-state index contributed by atoms with van der Waals surface area (Å²) >= 11 is 7.48. The molecule has 0 aliphatic heterocycles. The monoisotopic (exact) mass is 296 g/mol. The lowest BCUT2D eigenvalue weighted by atomic mass is 10.1. The Bertz CT molecular complexity index is 512. The van der Waals surface area contributed by atoms with Gasteiger partial charge in [0.25, 0.3) is 0 Å². The molecule has 0 saturated heterocycles. The number of thiazole rings is 1. The molecular weight excluding hydrogens is 280 g/mol. The molecule has 0 aliphatic rings. The van der Waals surface area contributed by atoms with Gasteiger partial charge in [-0.15, -0.1) is 11.3 Å². The number of nitrogens with zero attached hydrogens (tertiary/aromatic N) is 1. The maximum Gasteiger partial charge on any atom is 0.0914 e. The molecule has 1 aromatic carbocycles. The highest BCUT2D eigenvalue weighted by atomic mass is 35.5. The number of hydrogen-bond acceptors (Lipinski definition) is 4. The summed E-state index contributed by atoms with van der Waals surface area (Å²) in [5.74, 6) is 0. The highest BCUT2D eigenvalue weighted by Crippen LogP contribution is 2.15. The van der Waals surface area contributed by atoms with Crippen molar-refractivity contribution in [3.8, 4) is 0 Å². The predicted octanol–water partition coefficient (Wildman–Crippen LogP) is 2.97.